The average molecular weight is 130 g/mol. The minimum Gasteiger partial charge on any atom is -0.328 e. The Morgan fingerprint density at radius 2 is 1.33 bits per heavy atom. The average Bonchev–Trinajstić information content (AvgIpc) is 1.63. The topological polar surface area (TPSA) is 52.0 Å². The first-order valence-corrected chi connectivity index (χ1v) is 3.64. The van der Waals surface area contributed by atoms with E-state index in [4.69, 9.17) is 11.5 Å². The van der Waals surface area contributed by atoms with Gasteiger partial charge in [0.2, 0.25) is 0 Å². The zero-order valence-corrected chi connectivity index (χ0v) is 6.43. The molecule has 0 spiro atoms. The highest BCUT2D eigenvalue weighted by Crippen LogP contribution is 1.99. The van der Waals surface area contributed by atoms with Crippen LogP contribution >= 0.6 is 0 Å². The third-order valence-corrected chi connectivity index (χ3v) is 1.32. The molecule has 0 aliphatic rings. The lowest BCUT2D eigenvalue weighted by molar-refractivity contribution is 0.554. The Morgan fingerprint density at radius 3 is 1.56 bits per heavy atom. The SMILES string of the molecule is CC(N)CCC[C@@H](C)N. The van der Waals surface area contributed by atoms with Gasteiger partial charge in [0.05, 0.1) is 0 Å². The fraction of sp³-hybridized carbons (Fsp3) is 1.00. The zero-order chi connectivity index (χ0) is 7.28. The van der Waals surface area contributed by atoms with Gasteiger partial charge in [0.15, 0.2) is 0 Å². The predicted octanol–water partition coefficient (Wildman–Crippen LogP) is 0.851. The normalized spacial score (nSPS) is 17.3. The van der Waals surface area contributed by atoms with E-state index in [0.29, 0.717) is 12.1 Å². The van der Waals surface area contributed by atoms with Crippen LogP contribution in [0.15, 0.2) is 0 Å². The Bertz CT molecular complexity index is 51.9. The molecule has 56 valence electrons. The van der Waals surface area contributed by atoms with Crippen molar-refractivity contribution in [1.82, 2.24) is 0 Å². The molecular weight excluding hydrogens is 112 g/mol. The number of rotatable bonds is 4. The Balaban J connectivity index is 2.91. The van der Waals surface area contributed by atoms with Crippen molar-refractivity contribution in [2.45, 2.75) is 45.2 Å². The fourth-order valence-electron chi connectivity index (χ4n) is 0.762. The van der Waals surface area contributed by atoms with Gasteiger partial charge in [-0.3, -0.25) is 0 Å². The van der Waals surface area contributed by atoms with Gasteiger partial charge in [-0.05, 0) is 26.7 Å². The molecule has 0 fully saturated rings. The minimum atomic E-state index is 0.337. The van der Waals surface area contributed by atoms with Crippen molar-refractivity contribution >= 4 is 0 Å². The summed E-state index contributed by atoms with van der Waals surface area (Å²) in [6.45, 7) is 4.06. The van der Waals surface area contributed by atoms with Crippen LogP contribution in [-0.2, 0) is 0 Å². The molecule has 4 N–H and O–H groups in total. The van der Waals surface area contributed by atoms with Crippen LogP contribution in [0.5, 0.6) is 0 Å². The second-order valence-electron chi connectivity index (χ2n) is 2.89. The highest BCUT2D eigenvalue weighted by Gasteiger charge is 1.96. The third kappa shape index (κ3) is 7.92. The summed E-state index contributed by atoms with van der Waals surface area (Å²) in [5.41, 5.74) is 11.1. The molecule has 0 aromatic carbocycles. The zero-order valence-electron chi connectivity index (χ0n) is 6.43. The Hall–Kier alpha value is -0.0800. The lowest BCUT2D eigenvalue weighted by Crippen LogP contribution is -2.18. The number of nitrogens with two attached hydrogens (primary N) is 2. The summed E-state index contributed by atoms with van der Waals surface area (Å²) in [4.78, 5) is 0. The monoisotopic (exact) mass is 130 g/mol. The van der Waals surface area contributed by atoms with Gasteiger partial charge in [-0.1, -0.05) is 6.42 Å². The molecule has 0 amide bonds. The third-order valence-electron chi connectivity index (χ3n) is 1.32. The Morgan fingerprint density at radius 1 is 1.00 bits per heavy atom. The van der Waals surface area contributed by atoms with E-state index < -0.39 is 0 Å². The van der Waals surface area contributed by atoms with Crippen LogP contribution in [0.4, 0.5) is 0 Å². The van der Waals surface area contributed by atoms with Crippen molar-refractivity contribution in [2.24, 2.45) is 11.5 Å². The largest absolute Gasteiger partial charge is 0.328 e. The quantitative estimate of drug-likeness (QED) is 0.592. The van der Waals surface area contributed by atoms with Gasteiger partial charge >= 0.3 is 0 Å². The molecule has 0 saturated carbocycles. The first kappa shape index (κ1) is 8.92. The molecule has 0 heterocycles. The van der Waals surface area contributed by atoms with Gasteiger partial charge in [-0.2, -0.15) is 0 Å². The maximum absolute atomic E-state index is 5.54. The molecule has 2 heteroatoms. The maximum atomic E-state index is 5.54. The van der Waals surface area contributed by atoms with E-state index in [1.54, 1.807) is 0 Å². The summed E-state index contributed by atoms with van der Waals surface area (Å²) in [6.07, 6.45) is 3.36. The fourth-order valence-corrected chi connectivity index (χ4v) is 0.762. The van der Waals surface area contributed by atoms with Gasteiger partial charge in [-0.25, -0.2) is 0 Å². The van der Waals surface area contributed by atoms with Gasteiger partial charge in [-0.15, -0.1) is 0 Å². The molecule has 0 aromatic heterocycles. The Labute approximate surface area is 57.6 Å². The second-order valence-corrected chi connectivity index (χ2v) is 2.89. The van der Waals surface area contributed by atoms with Gasteiger partial charge in [0.25, 0.3) is 0 Å². The molecule has 0 saturated heterocycles. The first-order chi connectivity index (χ1) is 4.13. The molecule has 2 atom stereocenters. The highest BCUT2D eigenvalue weighted by atomic mass is 14.6. The molecule has 1 unspecified atom stereocenters. The van der Waals surface area contributed by atoms with Crippen LogP contribution in [0, 0.1) is 0 Å². The van der Waals surface area contributed by atoms with Crippen LogP contribution in [-0.4, -0.2) is 12.1 Å². The van der Waals surface area contributed by atoms with E-state index in [1.807, 2.05) is 13.8 Å². The van der Waals surface area contributed by atoms with E-state index >= 15 is 0 Å². The maximum Gasteiger partial charge on any atom is 0.00104 e. The summed E-state index contributed by atoms with van der Waals surface area (Å²) in [6, 6.07) is 0.674. The molecule has 0 aliphatic heterocycles. The van der Waals surface area contributed by atoms with Gasteiger partial charge in [0, 0.05) is 12.1 Å². The minimum absolute atomic E-state index is 0.337. The van der Waals surface area contributed by atoms with E-state index in [9.17, 15) is 0 Å². The van der Waals surface area contributed by atoms with Gasteiger partial charge < -0.3 is 11.5 Å². The summed E-state index contributed by atoms with van der Waals surface area (Å²) in [5.74, 6) is 0. The lowest BCUT2D eigenvalue weighted by Gasteiger charge is -2.05. The molecule has 0 aromatic rings. The smallest absolute Gasteiger partial charge is 0.00104 e. The van der Waals surface area contributed by atoms with Crippen molar-refractivity contribution in [3.05, 3.63) is 0 Å². The summed E-state index contributed by atoms with van der Waals surface area (Å²) >= 11 is 0. The van der Waals surface area contributed by atoms with Crippen LogP contribution in [0.3, 0.4) is 0 Å². The Kier molecular flexibility index (Phi) is 4.72. The summed E-state index contributed by atoms with van der Waals surface area (Å²) in [5, 5.41) is 0. The van der Waals surface area contributed by atoms with Crippen molar-refractivity contribution in [2.75, 3.05) is 0 Å². The van der Waals surface area contributed by atoms with Crippen LogP contribution in [0.2, 0.25) is 0 Å². The van der Waals surface area contributed by atoms with E-state index in [2.05, 4.69) is 0 Å². The van der Waals surface area contributed by atoms with E-state index in [0.717, 1.165) is 19.3 Å². The van der Waals surface area contributed by atoms with Crippen molar-refractivity contribution in [3.8, 4) is 0 Å². The van der Waals surface area contributed by atoms with E-state index in [-0.39, 0.29) is 0 Å². The summed E-state index contributed by atoms with van der Waals surface area (Å²) < 4.78 is 0. The van der Waals surface area contributed by atoms with Crippen LogP contribution < -0.4 is 11.5 Å². The molecule has 9 heavy (non-hydrogen) atoms. The molecule has 2 nitrogen and oxygen atoms in total. The predicted molar refractivity (Wildman–Crippen MR) is 41.1 cm³/mol. The van der Waals surface area contributed by atoms with Crippen molar-refractivity contribution in [1.29, 1.82) is 0 Å². The molecule has 0 radical (unpaired) electrons. The molecule has 0 rings (SSSR count). The van der Waals surface area contributed by atoms with Crippen LogP contribution in [0.25, 0.3) is 0 Å². The number of hydrogen-bond donors (Lipinski definition) is 2. The molecule has 0 bridgehead atoms. The first-order valence-electron chi connectivity index (χ1n) is 3.64. The lowest BCUT2D eigenvalue weighted by atomic mass is 10.1. The number of hydrogen-bond acceptors (Lipinski definition) is 2. The standard InChI is InChI=1S/C7H18N2/c1-6(8)4-3-5-7(2)9/h6-7H,3-5,8-9H2,1-2H3/t6-,7?/m1/s1. The highest BCUT2D eigenvalue weighted by molar-refractivity contribution is 4.57. The van der Waals surface area contributed by atoms with Gasteiger partial charge in [0.1, 0.15) is 0 Å². The van der Waals surface area contributed by atoms with Crippen LogP contribution in [0.1, 0.15) is 33.1 Å². The molecule has 0 aliphatic carbocycles. The summed E-state index contributed by atoms with van der Waals surface area (Å²) in [7, 11) is 0. The molecular formula is C7H18N2. The van der Waals surface area contributed by atoms with E-state index in [1.165, 1.54) is 0 Å². The van der Waals surface area contributed by atoms with Crippen molar-refractivity contribution in [3.63, 3.8) is 0 Å². The van der Waals surface area contributed by atoms with Crippen molar-refractivity contribution < 1.29 is 0 Å². The second kappa shape index (κ2) is 4.77.